The van der Waals surface area contributed by atoms with E-state index >= 15 is 0 Å². The number of nitrogens with one attached hydrogen (secondary N) is 1. The van der Waals surface area contributed by atoms with Gasteiger partial charge in [0.15, 0.2) is 0 Å². The Morgan fingerprint density at radius 1 is 1.06 bits per heavy atom. The number of aryl methyl sites for hydroxylation is 1. The molecule has 0 saturated carbocycles. The molecule has 1 aliphatic heterocycles. The number of ether oxygens (including phenoxy) is 1. The molecule has 0 radical (unpaired) electrons. The number of nitrogens with zero attached hydrogens (tertiary/aromatic N) is 3. The summed E-state index contributed by atoms with van der Waals surface area (Å²) in [5.74, 6) is -0.534. The van der Waals surface area contributed by atoms with E-state index in [1.807, 2.05) is 36.4 Å². The van der Waals surface area contributed by atoms with Crippen molar-refractivity contribution in [1.29, 1.82) is 5.26 Å². The number of benzene rings is 1. The maximum atomic E-state index is 13.2. The molecule has 1 aromatic carbocycles. The van der Waals surface area contributed by atoms with Gasteiger partial charge in [0.05, 0.1) is 17.8 Å². The first-order valence-electron chi connectivity index (χ1n) is 11.9. The number of likely N-dealkylation sites (tertiary alicyclic amines) is 1. The zero-order valence-corrected chi connectivity index (χ0v) is 19.3. The fourth-order valence-electron chi connectivity index (χ4n) is 4.47. The molecule has 3 aromatic rings. The summed E-state index contributed by atoms with van der Waals surface area (Å²) in [6.07, 6.45) is 6.67. The highest BCUT2D eigenvalue weighted by Gasteiger charge is 2.24. The van der Waals surface area contributed by atoms with Gasteiger partial charge in [0.2, 0.25) is 0 Å². The minimum atomic E-state index is -0.534. The topological polar surface area (TPSA) is 86.8 Å². The lowest BCUT2D eigenvalue weighted by molar-refractivity contribution is 0.0503. The van der Waals surface area contributed by atoms with Crippen LogP contribution in [-0.2, 0) is 11.2 Å². The Balaban J connectivity index is 1.55. The van der Waals surface area contributed by atoms with Crippen LogP contribution in [0.4, 0.5) is 5.69 Å². The largest absolute Gasteiger partial charge is 0.462 e. The summed E-state index contributed by atoms with van der Waals surface area (Å²) in [6.45, 7) is 3.66. The van der Waals surface area contributed by atoms with Gasteiger partial charge in [-0.2, -0.15) is 5.26 Å². The molecule has 0 bridgehead atoms. The van der Waals surface area contributed by atoms with Crippen LogP contribution in [-0.4, -0.2) is 48.1 Å². The van der Waals surface area contributed by atoms with Crippen LogP contribution in [0, 0.1) is 11.3 Å². The molecule has 2 aromatic heterocycles. The van der Waals surface area contributed by atoms with Crippen LogP contribution in [0.25, 0.3) is 5.52 Å². The zero-order chi connectivity index (χ0) is 23.8. The molecule has 1 aliphatic rings. The van der Waals surface area contributed by atoms with Crippen LogP contribution in [0.2, 0.25) is 0 Å². The van der Waals surface area contributed by atoms with Gasteiger partial charge in [-0.15, -0.1) is 0 Å². The van der Waals surface area contributed by atoms with Gasteiger partial charge in [-0.1, -0.05) is 42.8 Å². The Morgan fingerprint density at radius 2 is 1.82 bits per heavy atom. The number of rotatable bonds is 9. The Bertz CT molecular complexity index is 1220. The third-order valence-corrected chi connectivity index (χ3v) is 6.23. The summed E-state index contributed by atoms with van der Waals surface area (Å²) < 4.78 is 6.96. The molecule has 1 fully saturated rings. The van der Waals surface area contributed by atoms with Crippen molar-refractivity contribution in [3.05, 3.63) is 81.8 Å². The van der Waals surface area contributed by atoms with Crippen molar-refractivity contribution in [3.63, 3.8) is 0 Å². The number of hydrogen-bond donors (Lipinski definition) is 1. The Kier molecular flexibility index (Phi) is 7.95. The molecule has 176 valence electrons. The summed E-state index contributed by atoms with van der Waals surface area (Å²) in [5.41, 5.74) is 1.60. The average Bonchev–Trinajstić information content (AvgIpc) is 2.88. The highest BCUT2D eigenvalue weighted by atomic mass is 16.5. The SMILES string of the molecule is N#Cc1c(NCCN2CCCCC2)c(C(=O)OCCCc2ccccc2)c2ccccn2c1=O. The molecule has 0 spiro atoms. The summed E-state index contributed by atoms with van der Waals surface area (Å²) in [5, 5.41) is 13.0. The fourth-order valence-corrected chi connectivity index (χ4v) is 4.47. The number of fused-ring (bicyclic) bond motifs is 1. The minimum absolute atomic E-state index is 0.0708. The van der Waals surface area contributed by atoms with E-state index in [1.54, 1.807) is 24.4 Å². The van der Waals surface area contributed by atoms with Crippen LogP contribution in [0.1, 0.15) is 47.2 Å². The summed E-state index contributed by atoms with van der Waals surface area (Å²) in [7, 11) is 0. The number of hydrogen-bond acceptors (Lipinski definition) is 6. The molecule has 7 heteroatoms. The van der Waals surface area contributed by atoms with E-state index in [9.17, 15) is 14.9 Å². The maximum Gasteiger partial charge on any atom is 0.342 e. The van der Waals surface area contributed by atoms with Gasteiger partial charge in [0.1, 0.15) is 17.2 Å². The summed E-state index contributed by atoms with van der Waals surface area (Å²) in [4.78, 5) is 28.6. The second kappa shape index (κ2) is 11.5. The molecule has 3 heterocycles. The van der Waals surface area contributed by atoms with E-state index in [2.05, 4.69) is 10.2 Å². The third-order valence-electron chi connectivity index (χ3n) is 6.23. The standard InChI is InChI=1S/C27H30N4O3/c28-20-22-25(29-14-18-30-15-6-2-7-16-30)24(23-13-5-8-17-31(23)26(22)32)27(33)34-19-9-12-21-10-3-1-4-11-21/h1,3-5,8,10-11,13,17,29H,2,6-7,9,12,14-16,18-19H2. The first-order valence-corrected chi connectivity index (χ1v) is 11.9. The second-order valence-corrected chi connectivity index (χ2v) is 8.55. The molecule has 4 rings (SSSR count). The van der Waals surface area contributed by atoms with Crippen molar-refractivity contribution in [1.82, 2.24) is 9.30 Å². The van der Waals surface area contributed by atoms with Crippen molar-refractivity contribution >= 4 is 17.2 Å². The number of carbonyl (C=O) groups excluding carboxylic acids is 1. The predicted molar refractivity (Wildman–Crippen MR) is 132 cm³/mol. The second-order valence-electron chi connectivity index (χ2n) is 8.55. The predicted octanol–water partition coefficient (Wildman–Crippen LogP) is 3.86. The number of nitriles is 1. The highest BCUT2D eigenvalue weighted by Crippen LogP contribution is 2.24. The molecular weight excluding hydrogens is 428 g/mol. The van der Waals surface area contributed by atoms with Gasteiger partial charge in [-0.3, -0.25) is 9.20 Å². The molecule has 0 atom stereocenters. The molecule has 0 amide bonds. The van der Waals surface area contributed by atoms with E-state index in [0.29, 0.717) is 18.5 Å². The smallest absolute Gasteiger partial charge is 0.342 e. The first-order chi connectivity index (χ1) is 16.7. The molecule has 7 nitrogen and oxygen atoms in total. The average molecular weight is 459 g/mol. The van der Waals surface area contributed by atoms with Crippen LogP contribution < -0.4 is 10.9 Å². The van der Waals surface area contributed by atoms with E-state index in [0.717, 1.165) is 26.1 Å². The van der Waals surface area contributed by atoms with Gasteiger partial charge in [-0.25, -0.2) is 4.79 Å². The monoisotopic (exact) mass is 458 g/mol. The third kappa shape index (κ3) is 5.46. The number of esters is 1. The Hall–Kier alpha value is -3.63. The van der Waals surface area contributed by atoms with Gasteiger partial charge in [0, 0.05) is 19.3 Å². The number of aromatic nitrogens is 1. The van der Waals surface area contributed by atoms with Crippen molar-refractivity contribution in [2.75, 3.05) is 38.1 Å². The lowest BCUT2D eigenvalue weighted by Gasteiger charge is -2.26. The highest BCUT2D eigenvalue weighted by molar-refractivity contribution is 6.04. The summed E-state index contributed by atoms with van der Waals surface area (Å²) in [6, 6.07) is 17.2. The molecule has 0 aliphatic carbocycles. The molecule has 34 heavy (non-hydrogen) atoms. The fraction of sp³-hybridized carbons (Fsp3) is 0.370. The number of anilines is 1. The lowest BCUT2D eigenvalue weighted by atomic mass is 10.1. The Morgan fingerprint density at radius 3 is 2.59 bits per heavy atom. The van der Waals surface area contributed by atoms with Gasteiger partial charge in [0.25, 0.3) is 5.56 Å². The van der Waals surface area contributed by atoms with E-state index < -0.39 is 11.5 Å². The van der Waals surface area contributed by atoms with Crippen molar-refractivity contribution < 1.29 is 9.53 Å². The normalized spacial score (nSPS) is 14.0. The van der Waals surface area contributed by atoms with Crippen LogP contribution in [0.15, 0.2) is 59.5 Å². The summed E-state index contributed by atoms with van der Waals surface area (Å²) >= 11 is 0. The maximum absolute atomic E-state index is 13.2. The Labute approximate surface area is 199 Å². The van der Waals surface area contributed by atoms with Crippen LogP contribution in [0.3, 0.4) is 0 Å². The van der Waals surface area contributed by atoms with Crippen molar-refractivity contribution in [3.8, 4) is 6.07 Å². The lowest BCUT2D eigenvalue weighted by Crippen LogP contribution is -2.34. The molecule has 0 unspecified atom stereocenters. The molecule has 1 N–H and O–H groups in total. The van der Waals surface area contributed by atoms with Crippen molar-refractivity contribution in [2.24, 2.45) is 0 Å². The van der Waals surface area contributed by atoms with E-state index in [1.165, 1.54) is 29.2 Å². The molecule has 1 saturated heterocycles. The first kappa shape index (κ1) is 23.5. The number of carbonyl (C=O) groups is 1. The number of piperidine rings is 1. The van der Waals surface area contributed by atoms with Crippen LogP contribution in [0.5, 0.6) is 0 Å². The van der Waals surface area contributed by atoms with Crippen LogP contribution >= 0.6 is 0 Å². The van der Waals surface area contributed by atoms with Gasteiger partial charge in [-0.05, 0) is 56.5 Å². The van der Waals surface area contributed by atoms with Gasteiger partial charge < -0.3 is 15.0 Å². The van der Waals surface area contributed by atoms with Crippen molar-refractivity contribution in [2.45, 2.75) is 32.1 Å². The zero-order valence-electron chi connectivity index (χ0n) is 19.3. The minimum Gasteiger partial charge on any atom is -0.462 e. The molecular formula is C27H30N4O3. The van der Waals surface area contributed by atoms with E-state index in [-0.39, 0.29) is 23.4 Å². The quantitative estimate of drug-likeness (QED) is 0.387. The number of pyridine rings is 2. The van der Waals surface area contributed by atoms with E-state index in [4.69, 9.17) is 4.74 Å². The van der Waals surface area contributed by atoms with Gasteiger partial charge >= 0.3 is 5.97 Å².